The van der Waals surface area contributed by atoms with Crippen molar-refractivity contribution in [3.63, 3.8) is 0 Å². The Balaban J connectivity index is 4.63. The lowest BCUT2D eigenvalue weighted by Crippen LogP contribution is -2.57. The summed E-state index contributed by atoms with van der Waals surface area (Å²) in [5.74, 6) is -15.3. The van der Waals surface area contributed by atoms with Crippen molar-refractivity contribution in [2.45, 2.75) is 70.1 Å². The highest BCUT2D eigenvalue weighted by Gasteiger charge is 2.77. The molecule has 0 amide bonds. The molecule has 21 heavy (non-hydrogen) atoms. The fourth-order valence-corrected chi connectivity index (χ4v) is 1.48. The Morgan fingerprint density at radius 2 is 1.52 bits per heavy atom. The Morgan fingerprint density at radius 1 is 1.00 bits per heavy atom. The van der Waals surface area contributed by atoms with Gasteiger partial charge in [0.25, 0.3) is 0 Å². The summed E-state index contributed by atoms with van der Waals surface area (Å²) in [5, 5.41) is 0. The van der Waals surface area contributed by atoms with Crippen LogP contribution in [0.15, 0.2) is 0 Å². The van der Waals surface area contributed by atoms with E-state index in [1.54, 1.807) is 0 Å². The van der Waals surface area contributed by atoms with Crippen LogP contribution in [0.4, 0.5) is 30.7 Å². The van der Waals surface area contributed by atoms with Gasteiger partial charge in [-0.25, -0.2) is 4.79 Å². The van der Waals surface area contributed by atoms with Crippen molar-refractivity contribution in [2.75, 3.05) is 0 Å². The minimum atomic E-state index is -6.54. The third-order valence-electron chi connectivity index (χ3n) is 2.78. The lowest BCUT2D eigenvalue weighted by Gasteiger charge is -2.27. The molecule has 0 aliphatic carbocycles. The van der Waals surface area contributed by atoms with Crippen LogP contribution in [0.25, 0.3) is 0 Å². The molecule has 0 aliphatic heterocycles. The van der Waals surface area contributed by atoms with Crippen LogP contribution >= 0.6 is 0 Å². The lowest BCUT2D eigenvalue weighted by atomic mass is 10.1. The fourth-order valence-electron chi connectivity index (χ4n) is 1.48. The molecular formula is C12H17F7O2. The molecule has 0 radical (unpaired) electrons. The molecule has 9 heteroatoms. The average molecular weight is 326 g/mol. The standard InChI is InChI=1S/C12H17F7O2/c1-3-4-5-6-7-8(2)21-9(20)10(13,14)11(15,16)12(17,18)19/h8H,3-7H2,1-2H3/t8-/m1/s1. The Hall–Kier alpha value is -1.02. The molecule has 0 spiro atoms. The van der Waals surface area contributed by atoms with Crippen LogP contribution in [0, 0.1) is 0 Å². The van der Waals surface area contributed by atoms with Crippen molar-refractivity contribution < 1.29 is 40.3 Å². The van der Waals surface area contributed by atoms with Crippen LogP contribution in [0.5, 0.6) is 0 Å². The van der Waals surface area contributed by atoms with E-state index in [2.05, 4.69) is 4.74 Å². The molecule has 0 unspecified atom stereocenters. The van der Waals surface area contributed by atoms with Crippen LogP contribution in [0.3, 0.4) is 0 Å². The molecule has 0 bridgehead atoms. The summed E-state index contributed by atoms with van der Waals surface area (Å²) in [4.78, 5) is 10.9. The third kappa shape index (κ3) is 5.03. The lowest BCUT2D eigenvalue weighted by molar-refractivity contribution is -0.349. The first-order chi connectivity index (χ1) is 9.38. The van der Waals surface area contributed by atoms with Gasteiger partial charge in [0.05, 0.1) is 6.10 Å². The number of carbonyl (C=O) groups excluding carboxylic acids is 1. The van der Waals surface area contributed by atoms with Crippen molar-refractivity contribution in [1.29, 1.82) is 0 Å². The second-order valence-corrected chi connectivity index (χ2v) is 4.71. The SMILES string of the molecule is CCCCCC[C@@H](C)OC(=O)C(F)(F)C(F)(F)C(F)(F)F. The van der Waals surface area contributed by atoms with Crippen molar-refractivity contribution in [3.05, 3.63) is 0 Å². The van der Waals surface area contributed by atoms with E-state index >= 15 is 0 Å². The number of hydrogen-bond donors (Lipinski definition) is 0. The first kappa shape index (κ1) is 20.0. The van der Waals surface area contributed by atoms with Gasteiger partial charge >= 0.3 is 24.0 Å². The first-order valence-corrected chi connectivity index (χ1v) is 6.41. The quantitative estimate of drug-likeness (QED) is 0.366. The monoisotopic (exact) mass is 326 g/mol. The van der Waals surface area contributed by atoms with E-state index in [0.29, 0.717) is 12.8 Å². The minimum absolute atomic E-state index is 0.111. The van der Waals surface area contributed by atoms with Gasteiger partial charge in [-0.2, -0.15) is 30.7 Å². The topological polar surface area (TPSA) is 26.3 Å². The second kappa shape index (κ2) is 7.31. The largest absolute Gasteiger partial charge is 0.460 e. The number of ether oxygens (including phenoxy) is 1. The molecule has 2 nitrogen and oxygen atoms in total. The average Bonchev–Trinajstić information content (AvgIpc) is 2.32. The van der Waals surface area contributed by atoms with Gasteiger partial charge in [0.1, 0.15) is 0 Å². The summed E-state index contributed by atoms with van der Waals surface area (Å²) < 4.78 is 90.7. The molecule has 0 aromatic rings. The first-order valence-electron chi connectivity index (χ1n) is 6.41. The molecule has 126 valence electrons. The smallest absolute Gasteiger partial charge is 0.458 e. The highest BCUT2D eigenvalue weighted by atomic mass is 19.4. The van der Waals surface area contributed by atoms with Crippen molar-refractivity contribution >= 4 is 5.97 Å². The van der Waals surface area contributed by atoms with E-state index in [1.807, 2.05) is 6.92 Å². The molecule has 0 rings (SSSR count). The summed E-state index contributed by atoms with van der Waals surface area (Å²) in [5.41, 5.74) is 0. The van der Waals surface area contributed by atoms with Gasteiger partial charge in [-0.1, -0.05) is 26.2 Å². The molecule has 1 atom stereocenters. The van der Waals surface area contributed by atoms with E-state index in [9.17, 15) is 35.5 Å². The van der Waals surface area contributed by atoms with E-state index < -0.39 is 30.1 Å². The van der Waals surface area contributed by atoms with Gasteiger partial charge in [-0.15, -0.1) is 0 Å². The van der Waals surface area contributed by atoms with Gasteiger partial charge in [0, 0.05) is 0 Å². The number of hydrogen-bond acceptors (Lipinski definition) is 2. The molecule has 0 saturated heterocycles. The highest BCUT2D eigenvalue weighted by Crippen LogP contribution is 2.47. The van der Waals surface area contributed by atoms with Gasteiger partial charge in [-0.3, -0.25) is 0 Å². The summed E-state index contributed by atoms with van der Waals surface area (Å²) in [7, 11) is 0. The Labute approximate surface area is 117 Å². The molecule has 0 heterocycles. The van der Waals surface area contributed by atoms with Crippen molar-refractivity contribution in [3.8, 4) is 0 Å². The summed E-state index contributed by atoms with van der Waals surface area (Å²) >= 11 is 0. The number of halogens is 7. The maximum atomic E-state index is 12.9. The highest BCUT2D eigenvalue weighted by molar-refractivity contribution is 5.79. The third-order valence-corrected chi connectivity index (χ3v) is 2.78. The zero-order valence-electron chi connectivity index (χ0n) is 11.6. The predicted octanol–water partition coefficient (Wildman–Crippen LogP) is 4.72. The van der Waals surface area contributed by atoms with E-state index in [1.165, 1.54) is 0 Å². The number of esters is 1. The molecular weight excluding hydrogens is 309 g/mol. The summed E-state index contributed by atoms with van der Waals surface area (Å²) in [6, 6.07) is 0. The number of rotatable bonds is 8. The number of unbranched alkanes of at least 4 members (excludes halogenated alkanes) is 3. The Bertz CT molecular complexity index is 339. The molecule has 0 aromatic heterocycles. The molecule has 0 saturated carbocycles. The van der Waals surface area contributed by atoms with E-state index in [-0.39, 0.29) is 6.42 Å². The summed E-state index contributed by atoms with van der Waals surface area (Å²) in [6.07, 6.45) is -4.65. The number of alkyl halides is 7. The van der Waals surface area contributed by atoms with Crippen LogP contribution in [-0.2, 0) is 9.53 Å². The van der Waals surface area contributed by atoms with Crippen LogP contribution in [-0.4, -0.2) is 30.1 Å². The number of carbonyl (C=O) groups is 1. The molecule has 0 aromatic carbocycles. The predicted molar refractivity (Wildman–Crippen MR) is 60.3 cm³/mol. The van der Waals surface area contributed by atoms with Crippen LogP contribution in [0.1, 0.15) is 46.0 Å². The van der Waals surface area contributed by atoms with Gasteiger partial charge in [0.15, 0.2) is 0 Å². The van der Waals surface area contributed by atoms with Crippen molar-refractivity contribution in [2.24, 2.45) is 0 Å². The maximum Gasteiger partial charge on any atom is 0.460 e. The van der Waals surface area contributed by atoms with Gasteiger partial charge in [-0.05, 0) is 19.8 Å². The van der Waals surface area contributed by atoms with E-state index in [4.69, 9.17) is 0 Å². The second-order valence-electron chi connectivity index (χ2n) is 4.71. The van der Waals surface area contributed by atoms with Gasteiger partial charge in [0.2, 0.25) is 0 Å². The van der Waals surface area contributed by atoms with Crippen molar-refractivity contribution in [1.82, 2.24) is 0 Å². The normalized spacial score (nSPS) is 14.9. The zero-order valence-corrected chi connectivity index (χ0v) is 11.6. The van der Waals surface area contributed by atoms with Crippen LogP contribution in [0.2, 0.25) is 0 Å². The van der Waals surface area contributed by atoms with Gasteiger partial charge < -0.3 is 4.74 Å². The fraction of sp³-hybridized carbons (Fsp3) is 0.917. The Morgan fingerprint density at radius 3 is 1.95 bits per heavy atom. The summed E-state index contributed by atoms with van der Waals surface area (Å²) in [6.45, 7) is 3.08. The molecule has 0 aliphatic rings. The minimum Gasteiger partial charge on any atom is -0.458 e. The maximum absolute atomic E-state index is 12.9. The molecule has 0 fully saturated rings. The molecule has 0 N–H and O–H groups in total. The van der Waals surface area contributed by atoms with E-state index in [0.717, 1.165) is 19.8 Å². The van der Waals surface area contributed by atoms with Crippen LogP contribution < -0.4 is 0 Å². The zero-order chi connectivity index (χ0) is 16.9. The Kier molecular flexibility index (Phi) is 6.95.